The first-order valence-electron chi connectivity index (χ1n) is 8.39. The van der Waals surface area contributed by atoms with E-state index in [9.17, 15) is 0 Å². The highest BCUT2D eigenvalue weighted by atomic mass is 32.2. The van der Waals surface area contributed by atoms with Gasteiger partial charge < -0.3 is 5.32 Å². The smallest absolute Gasteiger partial charge is 0.0292 e. The molecule has 1 saturated heterocycles. The fraction of sp³-hybridized carbons (Fsp3) is 0.667. The van der Waals surface area contributed by atoms with Crippen molar-refractivity contribution < 1.29 is 0 Å². The molecule has 1 aromatic carbocycles. The number of hydrogen-bond acceptors (Lipinski definition) is 3. The van der Waals surface area contributed by atoms with Crippen LogP contribution in [0.15, 0.2) is 24.3 Å². The maximum Gasteiger partial charge on any atom is 0.0292 e. The normalized spacial score (nSPS) is 27.1. The molecule has 3 atom stereocenters. The zero-order valence-electron chi connectivity index (χ0n) is 13.0. The van der Waals surface area contributed by atoms with Gasteiger partial charge in [-0.05, 0) is 49.3 Å². The van der Waals surface area contributed by atoms with Crippen LogP contribution in [0, 0.1) is 0 Å². The first-order chi connectivity index (χ1) is 10.4. The topological polar surface area (TPSA) is 12.0 Å². The van der Waals surface area contributed by atoms with Crippen LogP contribution in [0.2, 0.25) is 0 Å². The first-order valence-corrected chi connectivity index (χ1v) is 10.6. The molecule has 0 saturated carbocycles. The third-order valence-corrected chi connectivity index (χ3v) is 7.71. The molecule has 1 aliphatic heterocycles. The third kappa shape index (κ3) is 4.00. The van der Waals surface area contributed by atoms with E-state index in [-0.39, 0.29) is 0 Å². The van der Waals surface area contributed by atoms with E-state index in [1.54, 1.807) is 11.1 Å². The Hall–Kier alpha value is -0.120. The van der Waals surface area contributed by atoms with Crippen molar-refractivity contribution in [3.05, 3.63) is 35.4 Å². The van der Waals surface area contributed by atoms with E-state index in [0.717, 1.165) is 17.7 Å². The molecule has 0 aromatic heterocycles. The number of nitrogens with one attached hydrogen (secondary N) is 1. The average molecular weight is 322 g/mol. The first kappa shape index (κ1) is 15.8. The molecule has 3 heteroatoms. The molecule has 2 aliphatic rings. The molecule has 1 aromatic rings. The summed E-state index contributed by atoms with van der Waals surface area (Å²) in [6.07, 6.45) is 5.35. The summed E-state index contributed by atoms with van der Waals surface area (Å²) in [4.78, 5) is 0. The van der Waals surface area contributed by atoms with E-state index in [1.165, 1.54) is 42.9 Å². The van der Waals surface area contributed by atoms with Gasteiger partial charge in [-0.2, -0.15) is 23.5 Å². The van der Waals surface area contributed by atoms with E-state index < -0.39 is 0 Å². The van der Waals surface area contributed by atoms with Crippen molar-refractivity contribution in [2.75, 3.05) is 23.8 Å². The summed E-state index contributed by atoms with van der Waals surface area (Å²) >= 11 is 4.34. The molecule has 0 amide bonds. The zero-order chi connectivity index (χ0) is 14.5. The minimum absolute atomic E-state index is 0.684. The highest BCUT2D eigenvalue weighted by Crippen LogP contribution is 2.37. The molecule has 1 fully saturated rings. The SMILES string of the molecule is CCNC(CC1CCCc2ccccc21)C1CSCCS1. The van der Waals surface area contributed by atoms with E-state index >= 15 is 0 Å². The van der Waals surface area contributed by atoms with E-state index in [1.807, 2.05) is 0 Å². The predicted molar refractivity (Wildman–Crippen MR) is 97.8 cm³/mol. The lowest BCUT2D eigenvalue weighted by atomic mass is 9.79. The van der Waals surface area contributed by atoms with Crippen LogP contribution in [-0.4, -0.2) is 35.1 Å². The molecule has 0 radical (unpaired) electrons. The Bertz CT molecular complexity index is 443. The lowest BCUT2D eigenvalue weighted by molar-refractivity contribution is 0.415. The molecule has 21 heavy (non-hydrogen) atoms. The Labute approximate surface area is 138 Å². The summed E-state index contributed by atoms with van der Waals surface area (Å²) in [5.41, 5.74) is 3.25. The lowest BCUT2D eigenvalue weighted by Crippen LogP contribution is -2.42. The molecule has 0 bridgehead atoms. The largest absolute Gasteiger partial charge is 0.313 e. The fourth-order valence-electron chi connectivity index (χ4n) is 3.77. The Kier molecular flexibility index (Phi) is 5.96. The maximum absolute atomic E-state index is 3.80. The van der Waals surface area contributed by atoms with Crippen molar-refractivity contribution in [1.29, 1.82) is 0 Å². The number of benzene rings is 1. The minimum Gasteiger partial charge on any atom is -0.313 e. The van der Waals surface area contributed by atoms with Crippen molar-refractivity contribution in [2.24, 2.45) is 0 Å². The van der Waals surface area contributed by atoms with Crippen LogP contribution in [0.25, 0.3) is 0 Å². The van der Waals surface area contributed by atoms with Crippen LogP contribution < -0.4 is 5.32 Å². The van der Waals surface area contributed by atoms with Crippen molar-refractivity contribution in [3.8, 4) is 0 Å². The summed E-state index contributed by atoms with van der Waals surface area (Å²) in [7, 11) is 0. The predicted octanol–water partition coefficient (Wildman–Crippen LogP) is 4.32. The number of thioether (sulfide) groups is 2. The summed E-state index contributed by atoms with van der Waals surface area (Å²) in [5.74, 6) is 4.77. The van der Waals surface area contributed by atoms with Gasteiger partial charge in [0.15, 0.2) is 0 Å². The monoisotopic (exact) mass is 321 g/mol. The Morgan fingerprint density at radius 3 is 3.00 bits per heavy atom. The van der Waals surface area contributed by atoms with Crippen molar-refractivity contribution in [3.63, 3.8) is 0 Å². The van der Waals surface area contributed by atoms with E-state index in [0.29, 0.717) is 6.04 Å². The van der Waals surface area contributed by atoms with E-state index in [4.69, 9.17) is 0 Å². The van der Waals surface area contributed by atoms with Gasteiger partial charge in [-0.1, -0.05) is 31.2 Å². The summed E-state index contributed by atoms with van der Waals surface area (Å²) in [6, 6.07) is 9.84. The molecule has 1 nitrogen and oxygen atoms in total. The second-order valence-corrected chi connectivity index (χ2v) is 8.67. The summed E-state index contributed by atoms with van der Waals surface area (Å²) in [6.45, 7) is 3.35. The van der Waals surface area contributed by atoms with Crippen LogP contribution in [0.1, 0.15) is 43.2 Å². The number of hydrogen-bond donors (Lipinski definition) is 1. The van der Waals surface area contributed by atoms with Crippen LogP contribution in [-0.2, 0) is 6.42 Å². The number of aryl methyl sites for hydroxylation is 1. The summed E-state index contributed by atoms with van der Waals surface area (Å²) in [5, 5.41) is 4.60. The molecule has 1 aliphatic carbocycles. The van der Waals surface area contributed by atoms with Gasteiger partial charge in [-0.25, -0.2) is 0 Å². The van der Waals surface area contributed by atoms with Gasteiger partial charge in [-0.3, -0.25) is 0 Å². The molecule has 1 N–H and O–H groups in total. The number of rotatable bonds is 5. The second kappa shape index (κ2) is 7.94. The van der Waals surface area contributed by atoms with Gasteiger partial charge >= 0.3 is 0 Å². The summed E-state index contributed by atoms with van der Waals surface area (Å²) < 4.78 is 0. The lowest BCUT2D eigenvalue weighted by Gasteiger charge is -2.34. The second-order valence-electron chi connectivity index (χ2n) is 6.17. The van der Waals surface area contributed by atoms with Gasteiger partial charge in [0.05, 0.1) is 0 Å². The minimum atomic E-state index is 0.684. The third-order valence-electron chi connectivity index (χ3n) is 4.79. The molecular formula is C18H27NS2. The van der Waals surface area contributed by atoms with Gasteiger partial charge in [0.1, 0.15) is 0 Å². The molecule has 3 unspecified atom stereocenters. The van der Waals surface area contributed by atoms with Crippen molar-refractivity contribution in [2.45, 2.75) is 49.8 Å². The Morgan fingerprint density at radius 2 is 2.19 bits per heavy atom. The van der Waals surface area contributed by atoms with Gasteiger partial charge in [-0.15, -0.1) is 0 Å². The molecule has 3 rings (SSSR count). The van der Waals surface area contributed by atoms with Crippen molar-refractivity contribution >= 4 is 23.5 Å². The van der Waals surface area contributed by atoms with Gasteiger partial charge in [0.25, 0.3) is 0 Å². The highest BCUT2D eigenvalue weighted by molar-refractivity contribution is 8.06. The molecule has 0 spiro atoms. The van der Waals surface area contributed by atoms with Crippen LogP contribution in [0.4, 0.5) is 0 Å². The maximum atomic E-state index is 3.80. The van der Waals surface area contributed by atoms with E-state index in [2.05, 4.69) is 60.0 Å². The van der Waals surface area contributed by atoms with Crippen LogP contribution >= 0.6 is 23.5 Å². The quantitative estimate of drug-likeness (QED) is 0.867. The van der Waals surface area contributed by atoms with Crippen LogP contribution in [0.3, 0.4) is 0 Å². The Morgan fingerprint density at radius 1 is 1.29 bits per heavy atom. The molecule has 116 valence electrons. The van der Waals surface area contributed by atoms with Crippen molar-refractivity contribution in [1.82, 2.24) is 5.32 Å². The zero-order valence-corrected chi connectivity index (χ0v) is 14.6. The number of fused-ring (bicyclic) bond motifs is 1. The van der Waals surface area contributed by atoms with Gasteiger partial charge in [0.2, 0.25) is 0 Å². The van der Waals surface area contributed by atoms with Crippen LogP contribution in [0.5, 0.6) is 0 Å². The Balaban J connectivity index is 1.71. The standard InChI is InChI=1S/C18H27NS2/c1-2-19-17(18-13-20-10-11-21-18)12-15-8-5-7-14-6-3-4-9-16(14)15/h3-4,6,9,15,17-19H,2,5,7-8,10-13H2,1H3. The molecule has 1 heterocycles. The average Bonchev–Trinajstić information content (AvgIpc) is 2.55. The molecular weight excluding hydrogens is 294 g/mol. The fourth-order valence-corrected chi connectivity index (χ4v) is 6.68. The van der Waals surface area contributed by atoms with Gasteiger partial charge in [0, 0.05) is 28.6 Å². The highest BCUT2D eigenvalue weighted by Gasteiger charge is 2.29.